The third-order valence-electron chi connectivity index (χ3n) is 4.32. The Morgan fingerprint density at radius 3 is 2.96 bits per heavy atom. The molecule has 1 amide bonds. The fourth-order valence-corrected chi connectivity index (χ4v) is 4.67. The Hall–Kier alpha value is -2.38. The Balaban J connectivity index is 1.61. The number of aryl methyl sites for hydroxylation is 1. The van der Waals surface area contributed by atoms with Crippen LogP contribution in [0.15, 0.2) is 53.1 Å². The molecule has 7 heteroatoms. The predicted molar refractivity (Wildman–Crippen MR) is 108 cm³/mol. The number of carbonyl (C=O) groups excluding carboxylic acids is 1. The molecule has 0 bridgehead atoms. The third-order valence-corrected chi connectivity index (χ3v) is 6.51. The highest BCUT2D eigenvalue weighted by Gasteiger charge is 2.21. The molecule has 0 radical (unpaired) electrons. The molecule has 1 atom stereocenters. The molecule has 0 fully saturated rings. The molecule has 3 aromatic heterocycles. The summed E-state index contributed by atoms with van der Waals surface area (Å²) in [4.78, 5) is 12.8. The molecule has 0 spiro atoms. The number of thiophene rings is 1. The molecule has 0 saturated heterocycles. The topological polar surface area (TPSA) is 59.3 Å². The average molecular weight is 383 g/mol. The zero-order chi connectivity index (χ0) is 18.1. The van der Waals surface area contributed by atoms with E-state index in [9.17, 15) is 4.79 Å². The van der Waals surface area contributed by atoms with E-state index in [1.165, 1.54) is 16.5 Å². The summed E-state index contributed by atoms with van der Waals surface area (Å²) >= 11 is 3.16. The lowest BCUT2D eigenvalue weighted by molar-refractivity contribution is -0.115. The van der Waals surface area contributed by atoms with E-state index in [1.54, 1.807) is 17.7 Å². The number of nitrogens with zero attached hydrogens (tertiary/aromatic N) is 3. The minimum atomic E-state index is -0.233. The standard InChI is InChI=1S/C19H18N4OS2/c1-3-16(18(24)21-13-7-5-4-6-12(13)2)26-19-15-10-17-14(8-9-25-17)23(15)11-20-22-19/h4-11,16H,3H2,1-2H3,(H,21,24)/t16-/m1/s1. The molecule has 26 heavy (non-hydrogen) atoms. The van der Waals surface area contributed by atoms with E-state index in [0.717, 1.165) is 27.3 Å². The smallest absolute Gasteiger partial charge is 0.237 e. The lowest BCUT2D eigenvalue weighted by Crippen LogP contribution is -2.25. The molecule has 4 rings (SSSR count). The van der Waals surface area contributed by atoms with E-state index in [4.69, 9.17) is 0 Å². The molecule has 0 aliphatic heterocycles. The monoisotopic (exact) mass is 382 g/mol. The summed E-state index contributed by atoms with van der Waals surface area (Å²) in [7, 11) is 0. The normalized spacial score (nSPS) is 12.5. The van der Waals surface area contributed by atoms with Gasteiger partial charge in [-0.1, -0.05) is 36.9 Å². The van der Waals surface area contributed by atoms with Gasteiger partial charge in [0.1, 0.15) is 11.4 Å². The summed E-state index contributed by atoms with van der Waals surface area (Å²) in [5, 5.41) is 14.1. The zero-order valence-electron chi connectivity index (χ0n) is 14.5. The van der Waals surface area contributed by atoms with E-state index in [1.807, 2.05) is 42.5 Å². The molecule has 0 aliphatic rings. The van der Waals surface area contributed by atoms with Gasteiger partial charge in [-0.3, -0.25) is 9.20 Å². The number of anilines is 1. The van der Waals surface area contributed by atoms with Crippen molar-refractivity contribution in [3.8, 4) is 0 Å². The van der Waals surface area contributed by atoms with Crippen molar-refractivity contribution in [2.75, 3.05) is 5.32 Å². The van der Waals surface area contributed by atoms with Crippen LogP contribution < -0.4 is 5.32 Å². The van der Waals surface area contributed by atoms with Gasteiger partial charge >= 0.3 is 0 Å². The number of hydrogen-bond acceptors (Lipinski definition) is 5. The molecule has 0 saturated carbocycles. The minimum absolute atomic E-state index is 0.0102. The van der Waals surface area contributed by atoms with Crippen molar-refractivity contribution < 1.29 is 4.79 Å². The highest BCUT2D eigenvalue weighted by atomic mass is 32.2. The van der Waals surface area contributed by atoms with Crippen molar-refractivity contribution in [3.63, 3.8) is 0 Å². The highest BCUT2D eigenvalue weighted by molar-refractivity contribution is 8.00. The minimum Gasteiger partial charge on any atom is -0.325 e. The zero-order valence-corrected chi connectivity index (χ0v) is 16.1. The molecular formula is C19H18N4OS2. The summed E-state index contributed by atoms with van der Waals surface area (Å²) in [6, 6.07) is 12.0. The Morgan fingerprint density at radius 2 is 2.15 bits per heavy atom. The Labute approximate surface area is 159 Å². The quantitative estimate of drug-likeness (QED) is 0.506. The van der Waals surface area contributed by atoms with Gasteiger partial charge in [-0.15, -0.1) is 21.5 Å². The number of benzene rings is 1. The van der Waals surface area contributed by atoms with Gasteiger partial charge in [-0.25, -0.2) is 0 Å². The highest BCUT2D eigenvalue weighted by Crippen LogP contribution is 2.32. The number of aromatic nitrogens is 3. The molecule has 4 aromatic rings. The van der Waals surface area contributed by atoms with Crippen LogP contribution in [-0.2, 0) is 4.79 Å². The second-order valence-corrected chi connectivity index (χ2v) is 8.16. The molecule has 1 N–H and O–H groups in total. The van der Waals surface area contributed by atoms with Crippen LogP contribution in [-0.4, -0.2) is 25.8 Å². The maximum Gasteiger partial charge on any atom is 0.237 e. The van der Waals surface area contributed by atoms with Gasteiger partial charge < -0.3 is 5.32 Å². The number of fused-ring (bicyclic) bond motifs is 3. The lowest BCUT2D eigenvalue weighted by atomic mass is 10.2. The van der Waals surface area contributed by atoms with Gasteiger partial charge in [-0.05, 0) is 42.5 Å². The second kappa shape index (κ2) is 7.09. The summed E-state index contributed by atoms with van der Waals surface area (Å²) in [6.07, 6.45) is 2.43. The number of hydrogen-bond donors (Lipinski definition) is 1. The number of rotatable bonds is 5. The molecule has 0 aliphatic carbocycles. The van der Waals surface area contributed by atoms with Crippen LogP contribution in [0.5, 0.6) is 0 Å². The van der Waals surface area contributed by atoms with Crippen LogP contribution in [0.3, 0.4) is 0 Å². The van der Waals surface area contributed by atoms with Crippen molar-refractivity contribution in [2.24, 2.45) is 0 Å². The van der Waals surface area contributed by atoms with Crippen molar-refractivity contribution in [1.82, 2.24) is 14.6 Å². The van der Waals surface area contributed by atoms with Gasteiger partial charge in [0.05, 0.1) is 21.0 Å². The first-order chi connectivity index (χ1) is 12.7. The summed E-state index contributed by atoms with van der Waals surface area (Å²) < 4.78 is 3.23. The molecular weight excluding hydrogens is 364 g/mol. The lowest BCUT2D eigenvalue weighted by Gasteiger charge is -2.15. The number of nitrogens with one attached hydrogen (secondary N) is 1. The van der Waals surface area contributed by atoms with Gasteiger partial charge in [-0.2, -0.15) is 0 Å². The second-order valence-electron chi connectivity index (χ2n) is 6.02. The van der Waals surface area contributed by atoms with E-state index >= 15 is 0 Å². The van der Waals surface area contributed by atoms with Crippen molar-refractivity contribution in [2.45, 2.75) is 30.5 Å². The van der Waals surface area contributed by atoms with E-state index in [0.29, 0.717) is 6.42 Å². The molecule has 3 heterocycles. The van der Waals surface area contributed by atoms with Crippen LogP contribution in [0, 0.1) is 6.92 Å². The Morgan fingerprint density at radius 1 is 1.31 bits per heavy atom. The Kier molecular flexibility index (Phi) is 4.65. The molecule has 132 valence electrons. The van der Waals surface area contributed by atoms with Gasteiger partial charge in [0, 0.05) is 5.69 Å². The van der Waals surface area contributed by atoms with Crippen LogP contribution >= 0.6 is 23.1 Å². The average Bonchev–Trinajstić information content (AvgIpc) is 3.23. The SMILES string of the molecule is CC[C@@H](Sc1nncn2c1cc1sccc12)C(=O)Nc1ccccc1C. The van der Waals surface area contributed by atoms with Gasteiger partial charge in [0.2, 0.25) is 5.91 Å². The number of amides is 1. The number of carbonyl (C=O) groups is 1. The van der Waals surface area contributed by atoms with Gasteiger partial charge in [0.15, 0.2) is 0 Å². The summed E-state index contributed by atoms with van der Waals surface area (Å²) in [5.74, 6) is -0.0102. The first kappa shape index (κ1) is 17.1. The predicted octanol–water partition coefficient (Wildman–Crippen LogP) is 4.76. The van der Waals surface area contributed by atoms with Crippen molar-refractivity contribution in [1.29, 1.82) is 0 Å². The fraction of sp³-hybridized carbons (Fsp3) is 0.211. The first-order valence-corrected chi connectivity index (χ1v) is 10.2. The summed E-state index contributed by atoms with van der Waals surface area (Å²) in [6.45, 7) is 4.00. The van der Waals surface area contributed by atoms with Crippen LogP contribution in [0.4, 0.5) is 5.69 Å². The molecule has 0 unspecified atom stereocenters. The van der Waals surface area contributed by atoms with E-state index in [-0.39, 0.29) is 11.2 Å². The maximum absolute atomic E-state index is 12.8. The van der Waals surface area contributed by atoms with Crippen molar-refractivity contribution in [3.05, 3.63) is 53.7 Å². The summed E-state index contributed by atoms with van der Waals surface area (Å²) in [5.41, 5.74) is 4.02. The molecule has 5 nitrogen and oxygen atoms in total. The largest absolute Gasteiger partial charge is 0.325 e. The van der Waals surface area contributed by atoms with E-state index < -0.39 is 0 Å². The number of thioether (sulfide) groups is 1. The Bertz CT molecular complexity index is 1090. The third kappa shape index (κ3) is 3.08. The number of para-hydroxylation sites is 1. The van der Waals surface area contributed by atoms with Crippen LogP contribution in [0.25, 0.3) is 15.7 Å². The van der Waals surface area contributed by atoms with Gasteiger partial charge in [0.25, 0.3) is 0 Å². The van der Waals surface area contributed by atoms with Crippen LogP contribution in [0.1, 0.15) is 18.9 Å². The molecule has 1 aromatic carbocycles. The van der Waals surface area contributed by atoms with Crippen molar-refractivity contribution >= 4 is 50.4 Å². The first-order valence-electron chi connectivity index (χ1n) is 8.40. The maximum atomic E-state index is 12.8. The van der Waals surface area contributed by atoms with E-state index in [2.05, 4.69) is 33.0 Å². The fourth-order valence-electron chi connectivity index (χ4n) is 2.88. The van der Waals surface area contributed by atoms with Crippen LogP contribution in [0.2, 0.25) is 0 Å².